The molecule has 3 nitrogen and oxygen atoms in total. The molecule has 106 valence electrons. The Labute approximate surface area is 115 Å². The number of halogens is 3. The van der Waals surface area contributed by atoms with E-state index in [1.807, 2.05) is 0 Å². The van der Waals surface area contributed by atoms with Crippen LogP contribution in [-0.2, 0) is 0 Å². The van der Waals surface area contributed by atoms with Gasteiger partial charge in [0.25, 0.3) is 0 Å². The molecule has 19 heavy (non-hydrogen) atoms. The molecule has 0 heterocycles. The third-order valence-corrected chi connectivity index (χ3v) is 2.41. The van der Waals surface area contributed by atoms with Crippen molar-refractivity contribution in [2.24, 2.45) is 0 Å². The van der Waals surface area contributed by atoms with Crippen molar-refractivity contribution < 1.29 is 17.9 Å². The number of hydrogen-bond donors (Lipinski definition) is 2. The predicted molar refractivity (Wildman–Crippen MR) is 72.3 cm³/mol. The van der Waals surface area contributed by atoms with E-state index in [0.717, 1.165) is 19.4 Å². The second kappa shape index (κ2) is 7.18. The van der Waals surface area contributed by atoms with Gasteiger partial charge in [0.15, 0.2) is 5.11 Å². The maximum atomic E-state index is 12.0. The van der Waals surface area contributed by atoms with Crippen LogP contribution in [0.1, 0.15) is 19.8 Å². The molecular weight excluding hydrogens is 277 g/mol. The Morgan fingerprint density at radius 1 is 1.26 bits per heavy atom. The largest absolute Gasteiger partial charge is 0.573 e. The van der Waals surface area contributed by atoms with Crippen LogP contribution in [0.2, 0.25) is 0 Å². The maximum absolute atomic E-state index is 12.0. The molecule has 0 atom stereocenters. The zero-order valence-electron chi connectivity index (χ0n) is 10.4. The van der Waals surface area contributed by atoms with Crippen molar-refractivity contribution in [2.45, 2.75) is 26.1 Å². The summed E-state index contributed by atoms with van der Waals surface area (Å²) in [7, 11) is 0. The van der Waals surface area contributed by atoms with Gasteiger partial charge in [-0.2, -0.15) is 0 Å². The van der Waals surface area contributed by atoms with Gasteiger partial charge in [0.2, 0.25) is 0 Å². The Morgan fingerprint density at radius 3 is 2.42 bits per heavy atom. The van der Waals surface area contributed by atoms with Gasteiger partial charge in [-0.05, 0) is 42.9 Å². The van der Waals surface area contributed by atoms with Gasteiger partial charge in [0.1, 0.15) is 5.75 Å². The van der Waals surface area contributed by atoms with Crippen molar-refractivity contribution >= 4 is 23.0 Å². The van der Waals surface area contributed by atoms with Gasteiger partial charge in [0.05, 0.1) is 0 Å². The molecule has 0 amide bonds. The molecule has 0 spiro atoms. The Bertz CT molecular complexity index is 406. The molecule has 0 saturated carbocycles. The lowest BCUT2D eigenvalue weighted by molar-refractivity contribution is -0.274. The number of ether oxygens (including phenoxy) is 1. The molecule has 0 aliphatic heterocycles. The summed E-state index contributed by atoms with van der Waals surface area (Å²) in [6.45, 7) is 2.83. The first-order valence-electron chi connectivity index (χ1n) is 5.81. The van der Waals surface area contributed by atoms with Crippen LogP contribution in [0, 0.1) is 0 Å². The molecule has 0 fully saturated rings. The van der Waals surface area contributed by atoms with E-state index >= 15 is 0 Å². The van der Waals surface area contributed by atoms with Crippen LogP contribution in [0.3, 0.4) is 0 Å². The van der Waals surface area contributed by atoms with Crippen molar-refractivity contribution in [2.75, 3.05) is 11.9 Å². The van der Waals surface area contributed by atoms with E-state index in [9.17, 15) is 13.2 Å². The molecule has 0 aromatic heterocycles. The molecule has 2 N–H and O–H groups in total. The first-order valence-corrected chi connectivity index (χ1v) is 6.22. The van der Waals surface area contributed by atoms with Crippen LogP contribution >= 0.6 is 12.2 Å². The highest BCUT2D eigenvalue weighted by molar-refractivity contribution is 7.80. The van der Waals surface area contributed by atoms with Gasteiger partial charge >= 0.3 is 6.36 Å². The predicted octanol–water partition coefficient (Wildman–Crippen LogP) is 3.67. The van der Waals surface area contributed by atoms with E-state index < -0.39 is 6.36 Å². The van der Waals surface area contributed by atoms with E-state index in [4.69, 9.17) is 12.2 Å². The van der Waals surface area contributed by atoms with Crippen molar-refractivity contribution in [3.63, 3.8) is 0 Å². The Morgan fingerprint density at radius 2 is 1.89 bits per heavy atom. The van der Waals surface area contributed by atoms with Crippen LogP contribution in [-0.4, -0.2) is 18.0 Å². The average molecular weight is 292 g/mol. The minimum absolute atomic E-state index is 0.261. The molecule has 0 aliphatic rings. The Kier molecular flexibility index (Phi) is 5.88. The number of benzene rings is 1. The number of unbranched alkanes of at least 4 members (excludes halogenated alkanes) is 1. The van der Waals surface area contributed by atoms with Crippen LogP contribution in [0.25, 0.3) is 0 Å². The first-order chi connectivity index (χ1) is 8.90. The minimum Gasteiger partial charge on any atom is -0.406 e. The summed E-state index contributed by atoms with van der Waals surface area (Å²) in [5.41, 5.74) is 0.600. The minimum atomic E-state index is -4.67. The molecule has 0 saturated heterocycles. The van der Waals surface area contributed by atoms with Gasteiger partial charge in [-0.3, -0.25) is 0 Å². The molecule has 1 aromatic rings. The molecule has 1 rings (SSSR count). The van der Waals surface area contributed by atoms with E-state index in [-0.39, 0.29) is 5.75 Å². The molecule has 0 unspecified atom stereocenters. The Balaban J connectivity index is 2.46. The number of hydrogen-bond acceptors (Lipinski definition) is 2. The number of rotatable bonds is 5. The molecule has 1 aromatic carbocycles. The van der Waals surface area contributed by atoms with Crippen LogP contribution < -0.4 is 15.4 Å². The van der Waals surface area contributed by atoms with Crippen LogP contribution in [0.4, 0.5) is 18.9 Å². The average Bonchev–Trinajstić information content (AvgIpc) is 2.30. The third kappa shape index (κ3) is 6.85. The van der Waals surface area contributed by atoms with Crippen LogP contribution in [0.5, 0.6) is 5.75 Å². The standard InChI is InChI=1S/C12H15F3N2OS/c1-2-3-8-16-11(19)17-9-4-6-10(7-5-9)18-12(13,14)15/h4-7H,2-3,8H2,1H3,(H2,16,17,19). The molecular formula is C12H15F3N2OS. The lowest BCUT2D eigenvalue weighted by Gasteiger charge is -2.12. The number of anilines is 1. The fourth-order valence-electron chi connectivity index (χ4n) is 1.29. The number of thiocarbonyl (C=S) groups is 1. The normalized spacial score (nSPS) is 10.9. The summed E-state index contributed by atoms with van der Waals surface area (Å²) >= 11 is 5.04. The zero-order valence-corrected chi connectivity index (χ0v) is 11.2. The van der Waals surface area contributed by atoms with Gasteiger partial charge in [-0.1, -0.05) is 13.3 Å². The lowest BCUT2D eigenvalue weighted by atomic mass is 10.3. The summed E-state index contributed by atoms with van der Waals surface area (Å²) in [6, 6.07) is 5.39. The second-order valence-electron chi connectivity index (χ2n) is 3.81. The van der Waals surface area contributed by atoms with E-state index in [0.29, 0.717) is 10.8 Å². The maximum Gasteiger partial charge on any atom is 0.573 e. The van der Waals surface area contributed by atoms with E-state index in [1.165, 1.54) is 24.3 Å². The summed E-state index contributed by atoms with van der Waals surface area (Å²) in [5.74, 6) is -0.261. The highest BCUT2D eigenvalue weighted by atomic mass is 32.1. The van der Waals surface area contributed by atoms with Crippen molar-refractivity contribution in [3.8, 4) is 5.75 Å². The van der Waals surface area contributed by atoms with Gasteiger partial charge in [-0.15, -0.1) is 13.2 Å². The summed E-state index contributed by atoms with van der Waals surface area (Å²) in [6.07, 6.45) is -2.62. The number of nitrogens with one attached hydrogen (secondary N) is 2. The van der Waals surface area contributed by atoms with Gasteiger partial charge in [0, 0.05) is 12.2 Å². The molecule has 0 radical (unpaired) electrons. The highest BCUT2D eigenvalue weighted by Crippen LogP contribution is 2.23. The summed E-state index contributed by atoms with van der Waals surface area (Å²) < 4.78 is 39.6. The molecule has 0 aliphatic carbocycles. The van der Waals surface area contributed by atoms with E-state index in [1.54, 1.807) is 0 Å². The fraction of sp³-hybridized carbons (Fsp3) is 0.417. The second-order valence-corrected chi connectivity index (χ2v) is 4.21. The SMILES string of the molecule is CCCCNC(=S)Nc1ccc(OC(F)(F)F)cc1. The van der Waals surface area contributed by atoms with Crippen molar-refractivity contribution in [3.05, 3.63) is 24.3 Å². The zero-order chi connectivity index (χ0) is 14.3. The topological polar surface area (TPSA) is 33.3 Å². The van der Waals surface area contributed by atoms with E-state index in [2.05, 4.69) is 22.3 Å². The van der Waals surface area contributed by atoms with Crippen LogP contribution in [0.15, 0.2) is 24.3 Å². The summed E-state index contributed by atoms with van der Waals surface area (Å²) in [5, 5.41) is 6.31. The van der Waals surface area contributed by atoms with Crippen molar-refractivity contribution in [1.29, 1.82) is 0 Å². The van der Waals surface area contributed by atoms with Gasteiger partial charge in [-0.25, -0.2) is 0 Å². The molecule has 7 heteroatoms. The summed E-state index contributed by atoms with van der Waals surface area (Å²) in [4.78, 5) is 0. The smallest absolute Gasteiger partial charge is 0.406 e. The number of alkyl halides is 3. The monoisotopic (exact) mass is 292 g/mol. The molecule has 0 bridgehead atoms. The Hall–Kier alpha value is -1.50. The fourth-order valence-corrected chi connectivity index (χ4v) is 1.51. The lowest BCUT2D eigenvalue weighted by Crippen LogP contribution is -2.29. The van der Waals surface area contributed by atoms with Crippen molar-refractivity contribution in [1.82, 2.24) is 5.32 Å². The third-order valence-electron chi connectivity index (χ3n) is 2.16. The quantitative estimate of drug-likeness (QED) is 0.641. The highest BCUT2D eigenvalue weighted by Gasteiger charge is 2.30. The first kappa shape index (κ1) is 15.6. The van der Waals surface area contributed by atoms with Gasteiger partial charge < -0.3 is 15.4 Å².